The van der Waals surface area contributed by atoms with Gasteiger partial charge in [-0.25, -0.2) is 4.98 Å². The Balaban J connectivity index is 0.000000605. The van der Waals surface area contributed by atoms with E-state index in [-0.39, 0.29) is 29.6 Å². The van der Waals surface area contributed by atoms with Crippen molar-refractivity contribution in [3.05, 3.63) is 6.33 Å². The monoisotopic (exact) mass is 159 g/mol. The number of hydrogen-bond donors (Lipinski definition) is 1. The summed E-state index contributed by atoms with van der Waals surface area (Å²) in [4.78, 5) is 6.31. The van der Waals surface area contributed by atoms with Crippen molar-refractivity contribution in [2.24, 2.45) is 0 Å². The molecule has 7 heteroatoms. The molecule has 0 bridgehead atoms. The average molecular weight is 159 g/mol. The third kappa shape index (κ3) is 1.32. The maximum Gasteiger partial charge on any atom is 1.00 e. The zero-order chi connectivity index (χ0) is 6.97. The van der Waals surface area contributed by atoms with Crippen LogP contribution < -0.4 is 34.7 Å². The summed E-state index contributed by atoms with van der Waals surface area (Å²) in [5.74, 6) is -0.428. The van der Waals surface area contributed by atoms with Crippen molar-refractivity contribution in [1.82, 2.24) is 25.4 Å². The van der Waals surface area contributed by atoms with E-state index in [1.54, 1.807) is 0 Å². The van der Waals surface area contributed by atoms with E-state index in [1.165, 1.54) is 6.33 Å². The SMILES string of the molecule is [Na+].[O-]c1nnnc2nc[nH]c12. The van der Waals surface area contributed by atoms with Gasteiger partial charge in [0, 0.05) is 5.88 Å². The molecule has 0 aliphatic heterocycles. The van der Waals surface area contributed by atoms with E-state index in [2.05, 4.69) is 25.4 Å². The summed E-state index contributed by atoms with van der Waals surface area (Å²) < 4.78 is 0. The van der Waals surface area contributed by atoms with Gasteiger partial charge in [-0.15, -0.1) is 10.2 Å². The smallest absolute Gasteiger partial charge is 0.856 e. The number of imidazole rings is 1. The predicted octanol–water partition coefficient (Wildman–Crippen LogP) is -4.17. The molecule has 0 saturated carbocycles. The van der Waals surface area contributed by atoms with Crippen molar-refractivity contribution in [3.8, 4) is 5.88 Å². The predicted molar refractivity (Wildman–Crippen MR) is 28.9 cm³/mol. The number of aromatic amines is 1. The fraction of sp³-hybridized carbons (Fsp3) is 0. The fourth-order valence-electron chi connectivity index (χ4n) is 0.676. The maximum absolute atomic E-state index is 10.8. The number of nitrogens with zero attached hydrogens (tertiary/aromatic N) is 4. The summed E-state index contributed by atoms with van der Waals surface area (Å²) in [5, 5.41) is 20.6. The van der Waals surface area contributed by atoms with Crippen molar-refractivity contribution in [1.29, 1.82) is 0 Å². The van der Waals surface area contributed by atoms with Crippen LogP contribution in [0, 0.1) is 0 Å². The van der Waals surface area contributed by atoms with E-state index in [0.29, 0.717) is 11.2 Å². The molecule has 6 nitrogen and oxygen atoms in total. The topological polar surface area (TPSA) is 90.4 Å². The standard InChI is InChI=1S/C4H3N5O.Na/c10-4-2-3(6-1-5-2)7-9-8-4;/h1H,(H2,5,6,7,8,10);/q;+1/p-1. The van der Waals surface area contributed by atoms with Crippen LogP contribution in [0.3, 0.4) is 0 Å². The van der Waals surface area contributed by atoms with Crippen molar-refractivity contribution >= 4 is 11.2 Å². The fourth-order valence-corrected chi connectivity index (χ4v) is 0.676. The second-order valence-corrected chi connectivity index (χ2v) is 1.70. The first kappa shape index (κ1) is 8.38. The Labute approximate surface area is 83.3 Å². The Hall–Kier alpha value is -0.720. The van der Waals surface area contributed by atoms with Gasteiger partial charge in [0.2, 0.25) is 5.65 Å². The molecule has 0 spiro atoms. The van der Waals surface area contributed by atoms with Crippen molar-refractivity contribution in [2.45, 2.75) is 0 Å². The van der Waals surface area contributed by atoms with Crippen molar-refractivity contribution < 1.29 is 34.7 Å². The summed E-state index contributed by atoms with van der Waals surface area (Å²) in [6.07, 6.45) is 1.38. The molecule has 0 aliphatic rings. The number of fused-ring (bicyclic) bond motifs is 1. The van der Waals surface area contributed by atoms with Gasteiger partial charge in [-0.3, -0.25) is 0 Å². The summed E-state index contributed by atoms with van der Waals surface area (Å²) in [5.41, 5.74) is 0.606. The molecule has 2 heterocycles. The zero-order valence-corrected chi connectivity index (χ0v) is 7.77. The van der Waals surface area contributed by atoms with Crippen LogP contribution in [0.25, 0.3) is 11.2 Å². The maximum atomic E-state index is 10.8. The molecule has 11 heavy (non-hydrogen) atoms. The number of H-pyrrole nitrogens is 1. The van der Waals surface area contributed by atoms with Gasteiger partial charge in [-0.05, 0) is 5.21 Å². The molecular weight excluding hydrogens is 157 g/mol. The molecule has 0 fully saturated rings. The van der Waals surface area contributed by atoms with Crippen LogP contribution in [0.2, 0.25) is 0 Å². The van der Waals surface area contributed by atoms with Crippen LogP contribution >= 0.6 is 0 Å². The molecule has 2 rings (SSSR count). The van der Waals surface area contributed by atoms with Gasteiger partial charge >= 0.3 is 29.6 Å². The van der Waals surface area contributed by atoms with Gasteiger partial charge in [0.15, 0.2) is 0 Å². The number of nitrogens with one attached hydrogen (secondary N) is 1. The molecule has 0 aromatic carbocycles. The summed E-state index contributed by atoms with van der Waals surface area (Å²) in [6.45, 7) is 0. The van der Waals surface area contributed by atoms with E-state index in [9.17, 15) is 5.11 Å². The first-order valence-corrected chi connectivity index (χ1v) is 2.57. The van der Waals surface area contributed by atoms with Crippen LogP contribution in [0.4, 0.5) is 0 Å². The van der Waals surface area contributed by atoms with Gasteiger partial charge in [0.05, 0.1) is 11.8 Å². The third-order valence-corrected chi connectivity index (χ3v) is 1.11. The van der Waals surface area contributed by atoms with Crippen LogP contribution in [0.15, 0.2) is 6.33 Å². The summed E-state index contributed by atoms with van der Waals surface area (Å²) in [7, 11) is 0. The van der Waals surface area contributed by atoms with Gasteiger partial charge in [0.1, 0.15) is 0 Å². The second kappa shape index (κ2) is 3.12. The second-order valence-electron chi connectivity index (χ2n) is 1.70. The van der Waals surface area contributed by atoms with Gasteiger partial charge < -0.3 is 10.1 Å². The molecule has 0 atom stereocenters. The Kier molecular flexibility index (Phi) is 2.38. The van der Waals surface area contributed by atoms with Crippen LogP contribution in [0.5, 0.6) is 5.88 Å². The van der Waals surface area contributed by atoms with Crippen LogP contribution in [-0.4, -0.2) is 25.4 Å². The van der Waals surface area contributed by atoms with Crippen molar-refractivity contribution in [2.75, 3.05) is 0 Å². The minimum Gasteiger partial charge on any atom is -0.856 e. The minimum atomic E-state index is -0.428. The zero-order valence-electron chi connectivity index (χ0n) is 5.77. The average Bonchev–Trinajstić information content (AvgIpc) is 2.36. The summed E-state index contributed by atoms with van der Waals surface area (Å²) >= 11 is 0. The molecule has 1 N–H and O–H groups in total. The number of rotatable bonds is 0. The van der Waals surface area contributed by atoms with E-state index in [1.807, 2.05) is 0 Å². The first-order valence-electron chi connectivity index (χ1n) is 2.57. The Morgan fingerprint density at radius 1 is 1.36 bits per heavy atom. The number of aromatic nitrogens is 5. The van der Waals surface area contributed by atoms with E-state index >= 15 is 0 Å². The Morgan fingerprint density at radius 3 is 2.91 bits per heavy atom. The molecule has 0 aliphatic carbocycles. The molecule has 0 unspecified atom stereocenters. The number of hydrogen-bond acceptors (Lipinski definition) is 5. The van der Waals surface area contributed by atoms with Gasteiger partial charge in [-0.2, -0.15) is 0 Å². The van der Waals surface area contributed by atoms with Gasteiger partial charge in [-0.1, -0.05) is 0 Å². The molecule has 2 aromatic heterocycles. The summed E-state index contributed by atoms with van der Waals surface area (Å²) in [6, 6.07) is 0. The Bertz CT molecular complexity index is 360. The normalized spacial score (nSPS) is 9.45. The van der Waals surface area contributed by atoms with Crippen LogP contribution in [-0.2, 0) is 0 Å². The van der Waals surface area contributed by atoms with Crippen molar-refractivity contribution in [3.63, 3.8) is 0 Å². The molecule has 0 amide bonds. The van der Waals surface area contributed by atoms with Gasteiger partial charge in [0.25, 0.3) is 0 Å². The van der Waals surface area contributed by atoms with Crippen LogP contribution in [0.1, 0.15) is 0 Å². The van der Waals surface area contributed by atoms with E-state index in [0.717, 1.165) is 0 Å². The Morgan fingerprint density at radius 2 is 2.18 bits per heavy atom. The molecule has 0 saturated heterocycles. The molecule has 0 radical (unpaired) electrons. The molecule has 50 valence electrons. The molecule has 2 aromatic rings. The first-order chi connectivity index (χ1) is 4.88. The quantitative estimate of drug-likeness (QED) is 0.394. The van der Waals surface area contributed by atoms with E-state index < -0.39 is 5.88 Å². The largest absolute Gasteiger partial charge is 1.00 e. The third-order valence-electron chi connectivity index (χ3n) is 1.11. The van der Waals surface area contributed by atoms with E-state index in [4.69, 9.17) is 0 Å². The minimum absolute atomic E-state index is 0. The molecular formula is C4H2N5NaO.